The summed E-state index contributed by atoms with van der Waals surface area (Å²) in [6.45, 7) is 6.26. The van der Waals surface area contributed by atoms with Crippen LogP contribution in [0.1, 0.15) is 233 Å². The van der Waals surface area contributed by atoms with E-state index in [1.165, 1.54) is 32.1 Å². The summed E-state index contributed by atoms with van der Waals surface area (Å²) in [5, 5.41) is 0. The molecule has 6 nitrogen and oxygen atoms in total. The summed E-state index contributed by atoms with van der Waals surface area (Å²) in [7, 11) is 0. The first kappa shape index (κ1) is 76.0. The summed E-state index contributed by atoms with van der Waals surface area (Å²) in [5.74, 6) is -1.09. The van der Waals surface area contributed by atoms with Crippen LogP contribution in [0.3, 0.4) is 0 Å². The largest absolute Gasteiger partial charge is 0.462 e. The van der Waals surface area contributed by atoms with Gasteiger partial charge in [0.25, 0.3) is 0 Å². The number of hydrogen-bond donors (Lipinski definition) is 0. The van der Waals surface area contributed by atoms with Crippen molar-refractivity contribution in [1.82, 2.24) is 0 Å². The van der Waals surface area contributed by atoms with Gasteiger partial charge in [-0.1, -0.05) is 259 Å². The molecule has 6 heteroatoms. The summed E-state index contributed by atoms with van der Waals surface area (Å²) in [5.41, 5.74) is 0. The van der Waals surface area contributed by atoms with Crippen LogP contribution < -0.4 is 0 Å². The van der Waals surface area contributed by atoms with Crippen molar-refractivity contribution in [3.63, 3.8) is 0 Å². The lowest BCUT2D eigenvalue weighted by molar-refractivity contribution is -0.166. The van der Waals surface area contributed by atoms with Crippen molar-refractivity contribution in [2.75, 3.05) is 13.2 Å². The van der Waals surface area contributed by atoms with Gasteiger partial charge >= 0.3 is 17.9 Å². The maximum absolute atomic E-state index is 12.9. The Labute approximate surface area is 502 Å². The first-order valence-corrected chi connectivity index (χ1v) is 32.1. The second-order valence-electron chi connectivity index (χ2n) is 20.2. The molecule has 0 aromatic rings. The molecular weight excluding hydrogens is 1010 g/mol. The molecule has 0 aliphatic heterocycles. The normalized spacial score (nSPS) is 13.5. The minimum atomic E-state index is -0.853. The molecule has 0 N–H and O–H groups in total. The Morgan fingerprint density at radius 2 is 0.500 bits per heavy atom. The molecule has 0 amide bonds. The Morgan fingerprint density at radius 3 is 0.829 bits per heavy atom. The zero-order valence-electron chi connectivity index (χ0n) is 51.9. The first-order valence-electron chi connectivity index (χ1n) is 32.1. The summed E-state index contributed by atoms with van der Waals surface area (Å²) < 4.78 is 16.8. The van der Waals surface area contributed by atoms with Crippen LogP contribution in [0.2, 0.25) is 0 Å². The Kier molecular flexibility index (Phi) is 62.5. The summed E-state index contributed by atoms with van der Waals surface area (Å²) in [6, 6.07) is 0. The third-order valence-electron chi connectivity index (χ3n) is 12.5. The number of allylic oxidation sites excluding steroid dienone is 34. The van der Waals surface area contributed by atoms with Crippen molar-refractivity contribution in [2.24, 2.45) is 0 Å². The van der Waals surface area contributed by atoms with Gasteiger partial charge in [0, 0.05) is 19.3 Å². The molecule has 0 radical (unpaired) electrons. The van der Waals surface area contributed by atoms with E-state index in [2.05, 4.69) is 215 Å². The van der Waals surface area contributed by atoms with Gasteiger partial charge in [-0.15, -0.1) is 0 Å². The Hall–Kier alpha value is -6.01. The number of esters is 3. The molecule has 0 saturated carbocycles. The molecule has 0 fully saturated rings. The standard InChI is InChI=1S/C76H114O6/c1-4-7-10-13-16-19-22-25-27-29-31-32-33-34-35-36-37-38-39-40-41-42-43-44-46-47-49-51-54-57-60-63-66-69-75(78)81-72-73(71-80-74(77)68-65-62-59-56-53-24-21-18-15-12-9-6-3)82-76(79)70-67-64-61-58-55-52-50-48-45-30-28-26-23-20-17-14-11-8-5-2/h7-8,10-11,16-21,25-28,31-32,34-35,37-38,40-41,43-45,47-49,52,54-55,57,61,64,73H,4-6,9,12-15,22-24,29-30,33,36,39,42,46,50-51,53,56,58-60,62-63,65-72H2,1-3H3/b10-7-,11-8-,19-16-,20-17-,21-18-,27-25-,28-26-,32-31-,35-34-,38-37-,41-40-,44-43-,48-45-,49-47-,55-52-,57-54-,64-61-. The van der Waals surface area contributed by atoms with Gasteiger partial charge in [0.2, 0.25) is 0 Å². The van der Waals surface area contributed by atoms with Gasteiger partial charge in [-0.3, -0.25) is 14.4 Å². The molecule has 0 aliphatic carbocycles. The van der Waals surface area contributed by atoms with Crippen LogP contribution in [0.4, 0.5) is 0 Å². The molecule has 1 unspecified atom stereocenters. The lowest BCUT2D eigenvalue weighted by atomic mass is 10.1. The molecular formula is C76H114O6. The predicted octanol–water partition coefficient (Wildman–Crippen LogP) is 22.4. The molecule has 0 spiro atoms. The third kappa shape index (κ3) is 64.8. The van der Waals surface area contributed by atoms with Crippen molar-refractivity contribution < 1.29 is 28.6 Å². The van der Waals surface area contributed by atoms with E-state index in [0.717, 1.165) is 148 Å². The van der Waals surface area contributed by atoms with Crippen LogP contribution in [-0.2, 0) is 28.6 Å². The third-order valence-corrected chi connectivity index (χ3v) is 12.5. The van der Waals surface area contributed by atoms with E-state index in [1.54, 1.807) is 0 Å². The molecule has 0 heterocycles. The average molecular weight is 1120 g/mol. The molecule has 0 saturated heterocycles. The van der Waals surface area contributed by atoms with Gasteiger partial charge in [-0.2, -0.15) is 0 Å². The maximum Gasteiger partial charge on any atom is 0.306 e. The fraction of sp³-hybridized carbons (Fsp3) is 0.513. The van der Waals surface area contributed by atoms with Crippen molar-refractivity contribution in [1.29, 1.82) is 0 Å². The predicted molar refractivity (Wildman–Crippen MR) is 357 cm³/mol. The van der Waals surface area contributed by atoms with Gasteiger partial charge in [-0.05, 0) is 161 Å². The Morgan fingerprint density at radius 1 is 0.256 bits per heavy atom. The lowest BCUT2D eigenvalue weighted by Crippen LogP contribution is -2.30. The monoisotopic (exact) mass is 1120 g/mol. The molecule has 0 aliphatic rings. The highest BCUT2D eigenvalue weighted by atomic mass is 16.6. The van der Waals surface area contributed by atoms with Crippen LogP contribution >= 0.6 is 0 Å². The van der Waals surface area contributed by atoms with Crippen LogP contribution in [0.5, 0.6) is 0 Å². The van der Waals surface area contributed by atoms with Gasteiger partial charge in [-0.25, -0.2) is 0 Å². The zero-order valence-corrected chi connectivity index (χ0v) is 51.9. The van der Waals surface area contributed by atoms with Gasteiger partial charge < -0.3 is 14.2 Å². The highest BCUT2D eigenvalue weighted by molar-refractivity contribution is 5.71. The minimum absolute atomic E-state index is 0.137. The van der Waals surface area contributed by atoms with Crippen LogP contribution in [0, 0.1) is 0 Å². The summed E-state index contributed by atoms with van der Waals surface area (Å²) in [4.78, 5) is 38.2. The van der Waals surface area contributed by atoms with E-state index in [0.29, 0.717) is 19.3 Å². The van der Waals surface area contributed by atoms with Crippen molar-refractivity contribution in [2.45, 2.75) is 239 Å². The molecule has 1 atom stereocenters. The highest BCUT2D eigenvalue weighted by Gasteiger charge is 2.19. The maximum atomic E-state index is 12.9. The van der Waals surface area contributed by atoms with E-state index < -0.39 is 12.1 Å². The number of carbonyl (C=O) groups is 3. The fourth-order valence-corrected chi connectivity index (χ4v) is 7.78. The lowest BCUT2D eigenvalue weighted by Gasteiger charge is -2.18. The second-order valence-corrected chi connectivity index (χ2v) is 20.2. The van der Waals surface area contributed by atoms with Gasteiger partial charge in [0.05, 0.1) is 0 Å². The van der Waals surface area contributed by atoms with E-state index in [4.69, 9.17) is 14.2 Å². The van der Waals surface area contributed by atoms with Crippen LogP contribution in [0.15, 0.2) is 207 Å². The molecule has 0 rings (SSSR count). The molecule has 454 valence electrons. The zero-order chi connectivity index (χ0) is 59.2. The molecule has 0 aromatic heterocycles. The number of carbonyl (C=O) groups excluding carboxylic acids is 3. The topological polar surface area (TPSA) is 78.9 Å². The van der Waals surface area contributed by atoms with Gasteiger partial charge in [0.15, 0.2) is 6.10 Å². The molecule has 82 heavy (non-hydrogen) atoms. The van der Waals surface area contributed by atoms with Crippen molar-refractivity contribution >= 4 is 17.9 Å². The summed E-state index contributed by atoms with van der Waals surface area (Å²) >= 11 is 0. The quantitative estimate of drug-likeness (QED) is 0.0261. The first-order chi connectivity index (χ1) is 40.5. The molecule has 0 bridgehead atoms. The Balaban J connectivity index is 4.50. The van der Waals surface area contributed by atoms with Crippen molar-refractivity contribution in [3.8, 4) is 0 Å². The van der Waals surface area contributed by atoms with Crippen LogP contribution in [-0.4, -0.2) is 37.2 Å². The number of rotatable bonds is 55. The minimum Gasteiger partial charge on any atom is -0.462 e. The number of ether oxygens (including phenoxy) is 3. The highest BCUT2D eigenvalue weighted by Crippen LogP contribution is 2.12. The van der Waals surface area contributed by atoms with Crippen LogP contribution in [0.25, 0.3) is 0 Å². The number of unbranched alkanes of at least 4 members (excludes halogenated alkanes) is 10. The average Bonchev–Trinajstić information content (AvgIpc) is 3.47. The fourth-order valence-electron chi connectivity index (χ4n) is 7.78. The van der Waals surface area contributed by atoms with E-state index >= 15 is 0 Å². The SMILES string of the molecule is CC/C=C\C/C=C\C/C=C\C/C=C\C/C=C\C/C=C\C/C=C\C/C=C\C/C=C\C/C=C\CCCCC(=O)OCC(COC(=O)CCCCCCC/C=C\CCCCC)OC(=O)CC/C=C\C/C=C\C/C=C\C/C=C\C/C=C\C/C=C\CC. The second kappa shape index (κ2) is 67.5. The smallest absolute Gasteiger partial charge is 0.306 e. The van der Waals surface area contributed by atoms with Crippen molar-refractivity contribution in [3.05, 3.63) is 207 Å². The van der Waals surface area contributed by atoms with E-state index in [-0.39, 0.29) is 38.0 Å². The van der Waals surface area contributed by atoms with E-state index in [1.807, 2.05) is 12.2 Å². The summed E-state index contributed by atoms with van der Waals surface area (Å²) in [6.07, 6.45) is 104. The Bertz CT molecular complexity index is 2020. The number of hydrogen-bond acceptors (Lipinski definition) is 6. The van der Waals surface area contributed by atoms with E-state index in [9.17, 15) is 14.4 Å². The van der Waals surface area contributed by atoms with Gasteiger partial charge in [0.1, 0.15) is 13.2 Å². The molecule has 0 aromatic carbocycles.